The summed E-state index contributed by atoms with van der Waals surface area (Å²) in [7, 11) is 5.38. The lowest BCUT2D eigenvalue weighted by Gasteiger charge is -2.56. The molecule has 266 valence electrons. The highest BCUT2D eigenvalue weighted by Gasteiger charge is 2.64. The number of nitrogens with zero attached hydrogens (tertiary/aromatic N) is 4. The molecule has 4 unspecified atom stereocenters. The summed E-state index contributed by atoms with van der Waals surface area (Å²) in [4.78, 5) is 109. The Kier molecular flexibility index (Phi) is 7.06. The van der Waals surface area contributed by atoms with E-state index in [4.69, 9.17) is 0 Å². The van der Waals surface area contributed by atoms with Crippen molar-refractivity contribution < 1.29 is 48.6 Å². The first-order valence-corrected chi connectivity index (χ1v) is 17.0. The van der Waals surface area contributed by atoms with E-state index >= 15 is 0 Å². The number of amides is 8. The smallest absolute Gasteiger partial charge is 0.260 e. The minimum absolute atomic E-state index is 0.00258. The number of hydrogen-bond acceptors (Lipinski definition) is 10. The Morgan fingerprint density at radius 3 is 1.25 bits per heavy atom. The maximum absolute atomic E-state index is 13.7. The van der Waals surface area contributed by atoms with Crippen LogP contribution in [0.4, 0.5) is 0 Å². The monoisotopic (exact) mass is 706 g/mol. The molecule has 2 N–H and O–H groups in total. The largest absolute Gasteiger partial charge is 0.385 e. The minimum atomic E-state index is -2.41. The molecule has 0 bridgehead atoms. The zero-order chi connectivity index (χ0) is 37.3. The lowest BCUT2D eigenvalue weighted by atomic mass is 9.54. The molecule has 0 aromatic carbocycles. The Labute approximate surface area is 297 Å². The molecule has 4 atom stereocenters. The van der Waals surface area contributed by atoms with E-state index < -0.39 is 76.2 Å². The molecule has 0 fully saturated rings. The van der Waals surface area contributed by atoms with Crippen molar-refractivity contribution in [3.8, 4) is 0 Å². The van der Waals surface area contributed by atoms with E-state index in [1.54, 1.807) is 12.2 Å². The molecular formula is C38H34N4O10. The zero-order valence-corrected chi connectivity index (χ0v) is 28.8. The molecule has 4 aliphatic heterocycles. The van der Waals surface area contributed by atoms with Gasteiger partial charge in [0.1, 0.15) is 11.2 Å². The van der Waals surface area contributed by atoms with Gasteiger partial charge >= 0.3 is 0 Å². The van der Waals surface area contributed by atoms with Gasteiger partial charge in [0, 0.05) is 90.5 Å². The van der Waals surface area contributed by atoms with Crippen LogP contribution in [0, 0.1) is 17.8 Å². The lowest BCUT2D eigenvalue weighted by Crippen LogP contribution is -2.67. The molecule has 0 aromatic rings. The molecule has 52 heavy (non-hydrogen) atoms. The summed E-state index contributed by atoms with van der Waals surface area (Å²) in [5.41, 5.74) is -3.53. The SMILES string of the molecule is CN1C(=O)C2=C(CCC(C(O)(C3C=CC4=C(C3)C(=O)N(C)C4=O)C(O)(C3C=CC4=C(C3)C(=O)N(C)C4=O)C3C=CC4=C(C3)C(=O)N(C)C4=O)=C2)C1=O. The third kappa shape index (κ3) is 4.07. The second kappa shape index (κ2) is 11.0. The topological polar surface area (TPSA) is 190 Å². The predicted octanol–water partition coefficient (Wildman–Crippen LogP) is 0.0779. The molecule has 0 saturated heterocycles. The molecule has 0 radical (unpaired) electrons. The van der Waals surface area contributed by atoms with Crippen molar-refractivity contribution in [3.05, 3.63) is 92.7 Å². The van der Waals surface area contributed by atoms with Crippen LogP contribution in [-0.2, 0) is 38.4 Å². The molecule has 0 aromatic heterocycles. The van der Waals surface area contributed by atoms with Crippen LogP contribution in [0.5, 0.6) is 0 Å². The fraction of sp³-hybridized carbons (Fsp3) is 0.368. The number of imide groups is 4. The van der Waals surface area contributed by atoms with E-state index in [1.165, 1.54) is 58.6 Å². The molecule has 8 rings (SSSR count). The van der Waals surface area contributed by atoms with Gasteiger partial charge in [-0.2, -0.15) is 0 Å². The van der Waals surface area contributed by atoms with Gasteiger partial charge in [-0.05, 0) is 43.8 Å². The van der Waals surface area contributed by atoms with Gasteiger partial charge in [-0.25, -0.2) is 0 Å². The van der Waals surface area contributed by atoms with Gasteiger partial charge in [-0.15, -0.1) is 0 Å². The van der Waals surface area contributed by atoms with Crippen LogP contribution < -0.4 is 0 Å². The third-order valence-corrected chi connectivity index (χ3v) is 12.2. The van der Waals surface area contributed by atoms with Crippen LogP contribution in [0.25, 0.3) is 0 Å². The Hall–Kier alpha value is -5.60. The molecule has 4 aliphatic carbocycles. The highest BCUT2D eigenvalue weighted by atomic mass is 16.4. The van der Waals surface area contributed by atoms with Crippen LogP contribution in [0.3, 0.4) is 0 Å². The van der Waals surface area contributed by atoms with Gasteiger partial charge in [0.25, 0.3) is 47.3 Å². The van der Waals surface area contributed by atoms with Gasteiger partial charge in [0.05, 0.1) is 0 Å². The number of carbonyl (C=O) groups is 8. The highest BCUT2D eigenvalue weighted by Crippen LogP contribution is 2.57. The third-order valence-electron chi connectivity index (χ3n) is 12.2. The van der Waals surface area contributed by atoms with Gasteiger partial charge < -0.3 is 10.2 Å². The summed E-state index contributed by atoms with van der Waals surface area (Å²) in [6, 6.07) is 0. The molecule has 0 spiro atoms. The Bertz CT molecular complexity index is 2120. The minimum Gasteiger partial charge on any atom is -0.385 e. The van der Waals surface area contributed by atoms with Crippen molar-refractivity contribution >= 4 is 47.3 Å². The number of hydrogen-bond donors (Lipinski definition) is 2. The van der Waals surface area contributed by atoms with Gasteiger partial charge in [-0.3, -0.25) is 58.0 Å². The maximum atomic E-state index is 13.7. The van der Waals surface area contributed by atoms with Gasteiger partial charge in [-0.1, -0.05) is 36.5 Å². The average Bonchev–Trinajstić information content (AvgIpc) is 3.70. The van der Waals surface area contributed by atoms with Crippen molar-refractivity contribution in [1.29, 1.82) is 0 Å². The number of carbonyl (C=O) groups excluding carboxylic acids is 8. The summed E-state index contributed by atoms with van der Waals surface area (Å²) in [5, 5.41) is 27.5. The fourth-order valence-corrected chi connectivity index (χ4v) is 9.21. The Balaban J connectivity index is 1.34. The summed E-state index contributed by atoms with van der Waals surface area (Å²) >= 11 is 0. The maximum Gasteiger partial charge on any atom is 0.260 e. The summed E-state index contributed by atoms with van der Waals surface area (Å²) < 4.78 is 0. The Morgan fingerprint density at radius 1 is 0.481 bits per heavy atom. The zero-order valence-electron chi connectivity index (χ0n) is 28.8. The van der Waals surface area contributed by atoms with E-state index in [-0.39, 0.29) is 82.3 Å². The van der Waals surface area contributed by atoms with Crippen molar-refractivity contribution in [3.63, 3.8) is 0 Å². The van der Waals surface area contributed by atoms with E-state index in [1.807, 2.05) is 0 Å². The van der Waals surface area contributed by atoms with Crippen LogP contribution in [0.1, 0.15) is 32.1 Å². The molecular weight excluding hydrogens is 672 g/mol. The second-order valence-corrected chi connectivity index (χ2v) is 14.5. The molecule has 14 heteroatoms. The second-order valence-electron chi connectivity index (χ2n) is 14.5. The first-order chi connectivity index (χ1) is 24.5. The van der Waals surface area contributed by atoms with Crippen LogP contribution in [-0.4, -0.2) is 116 Å². The van der Waals surface area contributed by atoms with Crippen molar-refractivity contribution in [2.75, 3.05) is 28.2 Å². The van der Waals surface area contributed by atoms with Crippen LogP contribution in [0.2, 0.25) is 0 Å². The quantitative estimate of drug-likeness (QED) is 0.371. The lowest BCUT2D eigenvalue weighted by molar-refractivity contribution is -0.194. The normalized spacial score (nSPS) is 29.6. The standard InChI is InChI=1S/C38H34N4O10/c1-39-29(43)21-9-5-17(13-25(21)33(39)47)37(51,18-6-10-22-26(14-18)34(48)40(2)30(22)44)38(52,19-7-11-23-27(15-19)35(49)41(3)31(23)45)20-8-12-24-28(16-20)36(50)42(4)32(24)46/h5-7,9-11,16-19,51-52H,8,12-15H2,1-4H3. The van der Waals surface area contributed by atoms with Crippen molar-refractivity contribution in [1.82, 2.24) is 19.6 Å². The average molecular weight is 707 g/mol. The fourth-order valence-electron chi connectivity index (χ4n) is 9.21. The first-order valence-electron chi connectivity index (χ1n) is 17.0. The van der Waals surface area contributed by atoms with E-state index in [9.17, 15) is 48.6 Å². The predicted molar refractivity (Wildman–Crippen MR) is 178 cm³/mol. The highest BCUT2D eigenvalue weighted by molar-refractivity contribution is 6.23. The number of rotatable bonds is 5. The molecule has 4 heterocycles. The summed E-state index contributed by atoms with van der Waals surface area (Å²) in [5.74, 6) is -7.72. The first kappa shape index (κ1) is 33.5. The summed E-state index contributed by atoms with van der Waals surface area (Å²) in [6.45, 7) is 0. The number of aliphatic hydroxyl groups is 2. The molecule has 8 aliphatic rings. The van der Waals surface area contributed by atoms with E-state index in [0.29, 0.717) is 0 Å². The Morgan fingerprint density at radius 2 is 0.827 bits per heavy atom. The molecule has 14 nitrogen and oxygen atoms in total. The molecule has 0 saturated carbocycles. The summed E-state index contributed by atoms with van der Waals surface area (Å²) in [6.07, 6.45) is 9.77. The van der Waals surface area contributed by atoms with E-state index in [2.05, 4.69) is 0 Å². The van der Waals surface area contributed by atoms with Gasteiger partial charge in [0.15, 0.2) is 0 Å². The molecule has 8 amide bonds. The van der Waals surface area contributed by atoms with Crippen LogP contribution >= 0.6 is 0 Å². The van der Waals surface area contributed by atoms with Gasteiger partial charge in [0.2, 0.25) is 0 Å². The van der Waals surface area contributed by atoms with Crippen molar-refractivity contribution in [2.45, 2.75) is 43.3 Å². The van der Waals surface area contributed by atoms with Crippen LogP contribution in [0.15, 0.2) is 92.7 Å². The number of likely N-dealkylation sites (N-methyl/N-ethyl adjacent to an activating group) is 4. The van der Waals surface area contributed by atoms with Crippen molar-refractivity contribution in [2.24, 2.45) is 17.8 Å². The van der Waals surface area contributed by atoms with E-state index in [0.717, 1.165) is 19.6 Å².